The minimum atomic E-state index is -3.31. The first-order valence-corrected chi connectivity index (χ1v) is 10.7. The van der Waals surface area contributed by atoms with Crippen molar-refractivity contribution < 1.29 is 8.42 Å². The van der Waals surface area contributed by atoms with Gasteiger partial charge in [0.15, 0.2) is 5.82 Å². The normalized spacial score (nSPS) is 21.7. The van der Waals surface area contributed by atoms with Crippen LogP contribution >= 0.6 is 11.6 Å². The third kappa shape index (κ3) is 4.27. The van der Waals surface area contributed by atoms with Crippen molar-refractivity contribution in [2.75, 3.05) is 0 Å². The molecule has 0 amide bonds. The van der Waals surface area contributed by atoms with Gasteiger partial charge in [-0.2, -0.15) is 5.10 Å². The number of halogens is 1. The highest BCUT2D eigenvalue weighted by atomic mass is 35.5. The van der Waals surface area contributed by atoms with Crippen molar-refractivity contribution in [2.24, 2.45) is 0 Å². The topological polar surface area (TPSA) is 87.7 Å². The highest BCUT2D eigenvalue weighted by molar-refractivity contribution is 7.90. The average molecular weight is 397 g/mol. The number of nitrogens with zero attached hydrogens (tertiary/aromatic N) is 2. The average Bonchev–Trinajstić information content (AvgIpc) is 3.05. The van der Waals surface area contributed by atoms with E-state index in [9.17, 15) is 8.42 Å². The third-order valence-corrected chi connectivity index (χ3v) is 7.35. The highest BCUT2D eigenvalue weighted by Crippen LogP contribution is 2.32. The van der Waals surface area contributed by atoms with Crippen LogP contribution in [0.4, 0.5) is 0 Å². The zero-order chi connectivity index (χ0) is 18.9. The summed E-state index contributed by atoms with van der Waals surface area (Å²) in [5.74, 6) is 1.80. The monoisotopic (exact) mass is 396 g/mol. The maximum atomic E-state index is 12.3. The minimum Gasteiger partial charge on any atom is -0.262 e. The van der Waals surface area contributed by atoms with E-state index in [0.717, 1.165) is 37.1 Å². The summed E-state index contributed by atoms with van der Waals surface area (Å²) in [6.07, 6.45) is 3.37. The number of rotatable bonds is 4. The van der Waals surface area contributed by atoms with Gasteiger partial charge < -0.3 is 0 Å². The quantitative estimate of drug-likeness (QED) is 0.821. The van der Waals surface area contributed by atoms with Crippen molar-refractivity contribution in [1.82, 2.24) is 19.9 Å². The molecule has 26 heavy (non-hydrogen) atoms. The van der Waals surface area contributed by atoms with Crippen molar-refractivity contribution >= 4 is 21.6 Å². The highest BCUT2D eigenvalue weighted by Gasteiger charge is 2.33. The Kier molecular flexibility index (Phi) is 5.42. The fourth-order valence-corrected chi connectivity index (χ4v) is 4.22. The van der Waals surface area contributed by atoms with Gasteiger partial charge in [0, 0.05) is 22.5 Å². The molecule has 1 fully saturated rings. The second-order valence-corrected chi connectivity index (χ2v) is 10.7. The molecule has 1 heterocycles. The number of hydrogen-bond acceptors (Lipinski definition) is 4. The van der Waals surface area contributed by atoms with Gasteiger partial charge in [-0.05, 0) is 70.7 Å². The number of aromatic amines is 1. The van der Waals surface area contributed by atoms with Crippen LogP contribution in [-0.4, -0.2) is 34.4 Å². The number of aromatic nitrogens is 3. The van der Waals surface area contributed by atoms with E-state index in [1.54, 1.807) is 20.8 Å². The zero-order valence-electron chi connectivity index (χ0n) is 15.3. The largest absolute Gasteiger partial charge is 0.262 e. The first-order chi connectivity index (χ1) is 12.2. The molecular weight excluding hydrogens is 372 g/mol. The van der Waals surface area contributed by atoms with E-state index < -0.39 is 14.8 Å². The SMILES string of the molecule is CC(C)(C)S(=O)(=O)N[C@H]1CC[C@H](c2nc(-c3ccc(Cl)cc3)n[nH]2)CC1. The Bertz CT molecular complexity index is 848. The maximum Gasteiger partial charge on any atom is 0.216 e. The van der Waals surface area contributed by atoms with Crippen molar-refractivity contribution in [1.29, 1.82) is 0 Å². The first kappa shape index (κ1) is 19.3. The Morgan fingerprint density at radius 1 is 1.12 bits per heavy atom. The summed E-state index contributed by atoms with van der Waals surface area (Å²) in [4.78, 5) is 4.62. The van der Waals surface area contributed by atoms with Crippen LogP contribution in [-0.2, 0) is 10.0 Å². The maximum absolute atomic E-state index is 12.3. The van der Waals surface area contributed by atoms with Gasteiger partial charge in [0.25, 0.3) is 0 Å². The zero-order valence-corrected chi connectivity index (χ0v) is 16.9. The Morgan fingerprint density at radius 2 is 1.73 bits per heavy atom. The van der Waals surface area contributed by atoms with E-state index >= 15 is 0 Å². The molecule has 0 spiro atoms. The van der Waals surface area contributed by atoms with Gasteiger partial charge in [-0.25, -0.2) is 18.1 Å². The van der Waals surface area contributed by atoms with Gasteiger partial charge in [-0.1, -0.05) is 11.6 Å². The van der Waals surface area contributed by atoms with E-state index in [2.05, 4.69) is 19.9 Å². The number of nitrogens with one attached hydrogen (secondary N) is 2. The summed E-state index contributed by atoms with van der Waals surface area (Å²) in [6, 6.07) is 7.42. The Morgan fingerprint density at radius 3 is 2.31 bits per heavy atom. The van der Waals surface area contributed by atoms with Gasteiger partial charge >= 0.3 is 0 Å². The lowest BCUT2D eigenvalue weighted by Crippen LogP contribution is -2.45. The summed E-state index contributed by atoms with van der Waals surface area (Å²) in [7, 11) is -3.31. The summed E-state index contributed by atoms with van der Waals surface area (Å²) < 4.78 is 26.7. The standard InChI is InChI=1S/C18H25ClN4O2S/c1-18(2,3)26(24,25)23-15-10-6-13(7-11-15)17-20-16(21-22-17)12-4-8-14(19)9-5-12/h4-5,8-9,13,15,23H,6-7,10-11H2,1-3H3,(H,20,21,22)/t13-,15-. The molecule has 8 heteroatoms. The Balaban J connectivity index is 1.61. The molecule has 2 aromatic rings. The Labute approximate surface area is 159 Å². The fraction of sp³-hybridized carbons (Fsp3) is 0.556. The van der Waals surface area contributed by atoms with Crippen molar-refractivity contribution in [3.8, 4) is 11.4 Å². The predicted octanol–water partition coefficient (Wildman–Crippen LogP) is 3.87. The van der Waals surface area contributed by atoms with E-state index in [4.69, 9.17) is 11.6 Å². The fourth-order valence-electron chi connectivity index (χ4n) is 3.07. The molecule has 142 valence electrons. The smallest absolute Gasteiger partial charge is 0.216 e. The van der Waals surface area contributed by atoms with Crippen molar-refractivity contribution in [3.63, 3.8) is 0 Å². The molecule has 0 atom stereocenters. The van der Waals surface area contributed by atoms with E-state index in [-0.39, 0.29) is 12.0 Å². The molecule has 0 radical (unpaired) electrons. The van der Waals surface area contributed by atoms with Crippen LogP contribution in [0.1, 0.15) is 58.2 Å². The lowest BCUT2D eigenvalue weighted by atomic mass is 9.86. The lowest BCUT2D eigenvalue weighted by Gasteiger charge is -2.30. The number of hydrogen-bond donors (Lipinski definition) is 2. The van der Waals surface area contributed by atoms with E-state index in [0.29, 0.717) is 10.8 Å². The van der Waals surface area contributed by atoms with E-state index in [1.165, 1.54) is 0 Å². The van der Waals surface area contributed by atoms with E-state index in [1.807, 2.05) is 24.3 Å². The van der Waals surface area contributed by atoms with Gasteiger partial charge in [-0.3, -0.25) is 5.10 Å². The molecular formula is C18H25ClN4O2S. The first-order valence-electron chi connectivity index (χ1n) is 8.86. The van der Waals surface area contributed by atoms with Crippen LogP contribution < -0.4 is 4.72 Å². The van der Waals surface area contributed by atoms with Crippen LogP contribution in [0.25, 0.3) is 11.4 Å². The molecule has 6 nitrogen and oxygen atoms in total. The minimum absolute atomic E-state index is 0.00543. The second-order valence-electron chi connectivity index (χ2n) is 7.83. The van der Waals surface area contributed by atoms with Crippen LogP contribution in [0.3, 0.4) is 0 Å². The second kappa shape index (κ2) is 7.29. The summed E-state index contributed by atoms with van der Waals surface area (Å²) >= 11 is 5.92. The van der Waals surface area contributed by atoms with Gasteiger partial charge in [0.1, 0.15) is 5.82 Å². The molecule has 3 rings (SSSR count). The molecule has 1 aliphatic rings. The Hall–Kier alpha value is -1.44. The van der Waals surface area contributed by atoms with Crippen LogP contribution in [0.2, 0.25) is 5.02 Å². The third-order valence-electron chi connectivity index (χ3n) is 4.85. The summed E-state index contributed by atoms with van der Waals surface area (Å²) in [5, 5.41) is 8.04. The van der Waals surface area contributed by atoms with Gasteiger partial charge in [0.05, 0.1) is 4.75 Å². The molecule has 1 saturated carbocycles. The molecule has 0 saturated heterocycles. The summed E-state index contributed by atoms with van der Waals surface area (Å²) in [6.45, 7) is 5.15. The van der Waals surface area contributed by atoms with Crippen molar-refractivity contribution in [3.05, 3.63) is 35.1 Å². The molecule has 0 bridgehead atoms. The van der Waals surface area contributed by atoms with Gasteiger partial charge in [-0.15, -0.1) is 0 Å². The molecule has 2 N–H and O–H groups in total. The number of sulfonamides is 1. The van der Waals surface area contributed by atoms with Crippen molar-refractivity contribution in [2.45, 2.75) is 63.2 Å². The molecule has 0 unspecified atom stereocenters. The molecule has 0 aliphatic heterocycles. The van der Waals surface area contributed by atoms with Gasteiger partial charge in [0.2, 0.25) is 10.0 Å². The van der Waals surface area contributed by atoms with Crippen LogP contribution in [0.15, 0.2) is 24.3 Å². The van der Waals surface area contributed by atoms with Crippen LogP contribution in [0, 0.1) is 0 Å². The summed E-state index contributed by atoms with van der Waals surface area (Å²) in [5.41, 5.74) is 0.920. The number of H-pyrrole nitrogens is 1. The van der Waals surface area contributed by atoms with Crippen LogP contribution in [0.5, 0.6) is 0 Å². The molecule has 1 aliphatic carbocycles. The molecule has 1 aromatic heterocycles. The lowest BCUT2D eigenvalue weighted by molar-refractivity contribution is 0.363. The number of benzene rings is 1. The molecule has 1 aromatic carbocycles. The predicted molar refractivity (Wildman–Crippen MR) is 104 cm³/mol.